The van der Waals surface area contributed by atoms with Gasteiger partial charge in [-0.1, -0.05) is 19.8 Å². The minimum absolute atomic E-state index is 0.174. The summed E-state index contributed by atoms with van der Waals surface area (Å²) < 4.78 is 10.5. The molecule has 30 heavy (non-hydrogen) atoms. The van der Waals surface area contributed by atoms with E-state index in [2.05, 4.69) is 21.8 Å². The van der Waals surface area contributed by atoms with Gasteiger partial charge in [0.05, 0.1) is 37.8 Å². The van der Waals surface area contributed by atoms with Crippen LogP contribution in [0.15, 0.2) is 6.20 Å². The normalized spacial score (nSPS) is 20.6. The molecule has 1 aliphatic heterocycles. The molecule has 2 aromatic rings. The first kappa shape index (κ1) is 20.8. The average molecular weight is 414 g/mol. The van der Waals surface area contributed by atoms with Gasteiger partial charge in [0.1, 0.15) is 5.69 Å². The maximum atomic E-state index is 10.1. The molecule has 2 aliphatic rings. The summed E-state index contributed by atoms with van der Waals surface area (Å²) in [5.41, 5.74) is 3.06. The summed E-state index contributed by atoms with van der Waals surface area (Å²) in [5, 5.41) is 10.1. The van der Waals surface area contributed by atoms with Crippen molar-refractivity contribution in [2.75, 3.05) is 32.2 Å². The predicted molar refractivity (Wildman–Crippen MR) is 114 cm³/mol. The lowest BCUT2D eigenvalue weighted by Crippen LogP contribution is -2.42. The van der Waals surface area contributed by atoms with E-state index in [1.807, 2.05) is 6.92 Å². The Kier molecular flexibility index (Phi) is 5.77. The first-order valence-corrected chi connectivity index (χ1v) is 10.7. The van der Waals surface area contributed by atoms with Crippen LogP contribution in [0, 0.1) is 18.3 Å². The molecular weight excluding hydrogens is 382 g/mol. The molecule has 3 heterocycles. The fraction of sp³-hybridized carbons (Fsp3) is 0.636. The molecule has 1 atom stereocenters. The molecule has 4 rings (SSSR count). The van der Waals surface area contributed by atoms with Crippen LogP contribution in [-0.2, 0) is 6.61 Å². The molecule has 1 N–H and O–H groups in total. The molecule has 1 aliphatic carbocycles. The number of methoxy groups -OCH3 is 2. The largest absolute Gasteiger partial charge is 0.480 e. The number of aromatic nitrogens is 4. The Morgan fingerprint density at radius 1 is 1.13 bits per heavy atom. The molecular formula is C22H31N5O3. The van der Waals surface area contributed by atoms with Crippen LogP contribution in [0.5, 0.6) is 11.9 Å². The first-order valence-electron chi connectivity index (χ1n) is 10.7. The molecule has 8 heteroatoms. The fourth-order valence-electron chi connectivity index (χ4n) is 5.14. The topological polar surface area (TPSA) is 93.5 Å². The maximum absolute atomic E-state index is 10.1. The lowest BCUT2D eigenvalue weighted by Gasteiger charge is -2.43. The molecule has 1 spiro atoms. The Morgan fingerprint density at radius 3 is 2.50 bits per heavy atom. The van der Waals surface area contributed by atoms with Crippen molar-refractivity contribution in [3.8, 4) is 23.1 Å². The Morgan fingerprint density at radius 2 is 1.90 bits per heavy atom. The van der Waals surface area contributed by atoms with Gasteiger partial charge in [-0.15, -0.1) is 0 Å². The lowest BCUT2D eigenvalue weighted by atomic mass is 9.71. The van der Waals surface area contributed by atoms with Crippen LogP contribution in [0.4, 0.5) is 5.82 Å². The van der Waals surface area contributed by atoms with Crippen LogP contribution in [0.2, 0.25) is 0 Å². The quantitative estimate of drug-likeness (QED) is 0.799. The minimum atomic E-state index is -0.174. The number of aliphatic hydroxyl groups is 1. The highest BCUT2D eigenvalue weighted by atomic mass is 16.5. The summed E-state index contributed by atoms with van der Waals surface area (Å²) in [6.45, 7) is 6.07. The zero-order chi connectivity index (χ0) is 21.3. The van der Waals surface area contributed by atoms with Crippen LogP contribution in [0.25, 0.3) is 11.3 Å². The van der Waals surface area contributed by atoms with Crippen LogP contribution in [0.3, 0.4) is 0 Å². The Bertz CT molecular complexity index is 912. The van der Waals surface area contributed by atoms with E-state index >= 15 is 0 Å². The van der Waals surface area contributed by atoms with E-state index in [0.717, 1.165) is 30.5 Å². The van der Waals surface area contributed by atoms with Gasteiger partial charge in [-0.3, -0.25) is 0 Å². The number of aryl methyl sites for hydroxylation is 1. The molecule has 2 aromatic heterocycles. The van der Waals surface area contributed by atoms with E-state index in [1.54, 1.807) is 13.3 Å². The van der Waals surface area contributed by atoms with Crippen molar-refractivity contribution in [1.29, 1.82) is 0 Å². The molecule has 0 aromatic carbocycles. The van der Waals surface area contributed by atoms with Gasteiger partial charge in [0, 0.05) is 19.3 Å². The van der Waals surface area contributed by atoms with E-state index in [-0.39, 0.29) is 12.6 Å². The first-order chi connectivity index (χ1) is 14.5. The zero-order valence-electron chi connectivity index (χ0n) is 18.3. The SMILES string of the molecule is COc1ncc(-c2nc(CO)c(N3CCC4(CCC[C@H]4C)CC3)nc2C)c(OC)n1. The molecule has 2 fully saturated rings. The maximum Gasteiger partial charge on any atom is 0.319 e. The van der Waals surface area contributed by atoms with Gasteiger partial charge < -0.3 is 19.5 Å². The molecule has 0 bridgehead atoms. The summed E-state index contributed by atoms with van der Waals surface area (Å²) in [7, 11) is 3.05. The number of rotatable bonds is 5. The highest BCUT2D eigenvalue weighted by Gasteiger charge is 2.42. The third-order valence-corrected chi connectivity index (χ3v) is 7.05. The Labute approximate surface area is 177 Å². The number of hydrogen-bond acceptors (Lipinski definition) is 8. The fourth-order valence-corrected chi connectivity index (χ4v) is 5.14. The Balaban J connectivity index is 1.64. The van der Waals surface area contributed by atoms with Crippen molar-refractivity contribution >= 4 is 5.82 Å². The van der Waals surface area contributed by atoms with Crippen LogP contribution < -0.4 is 14.4 Å². The van der Waals surface area contributed by atoms with E-state index < -0.39 is 0 Å². The van der Waals surface area contributed by atoms with Gasteiger partial charge in [0.15, 0.2) is 5.82 Å². The van der Waals surface area contributed by atoms with Crippen molar-refractivity contribution in [2.45, 2.75) is 52.6 Å². The third kappa shape index (κ3) is 3.57. The zero-order valence-corrected chi connectivity index (χ0v) is 18.3. The number of anilines is 1. The van der Waals surface area contributed by atoms with Gasteiger partial charge in [-0.2, -0.15) is 4.98 Å². The smallest absolute Gasteiger partial charge is 0.319 e. The number of piperidine rings is 1. The predicted octanol–water partition coefficient (Wildman–Crippen LogP) is 3.16. The minimum Gasteiger partial charge on any atom is -0.480 e. The number of ether oxygens (including phenoxy) is 2. The third-order valence-electron chi connectivity index (χ3n) is 7.05. The van der Waals surface area contributed by atoms with Gasteiger partial charge in [-0.25, -0.2) is 15.0 Å². The molecule has 0 unspecified atom stereocenters. The number of aliphatic hydroxyl groups excluding tert-OH is 1. The summed E-state index contributed by atoms with van der Waals surface area (Å²) in [6, 6.07) is 0.226. The van der Waals surface area contributed by atoms with Gasteiger partial charge in [0.25, 0.3) is 0 Å². The number of hydrogen-bond donors (Lipinski definition) is 1. The van der Waals surface area contributed by atoms with E-state index in [9.17, 15) is 5.11 Å². The summed E-state index contributed by atoms with van der Waals surface area (Å²) >= 11 is 0. The second-order valence-electron chi connectivity index (χ2n) is 8.51. The van der Waals surface area contributed by atoms with Crippen molar-refractivity contribution in [2.24, 2.45) is 11.3 Å². The highest BCUT2D eigenvalue weighted by molar-refractivity contribution is 5.68. The average Bonchev–Trinajstić information content (AvgIpc) is 3.13. The second kappa shape index (κ2) is 8.34. The van der Waals surface area contributed by atoms with Gasteiger partial charge >= 0.3 is 6.01 Å². The van der Waals surface area contributed by atoms with Crippen LogP contribution in [0.1, 0.15) is 50.4 Å². The summed E-state index contributed by atoms with van der Waals surface area (Å²) in [6.07, 6.45) is 8.03. The van der Waals surface area contributed by atoms with Gasteiger partial charge in [-0.05, 0) is 37.5 Å². The van der Waals surface area contributed by atoms with Crippen molar-refractivity contribution < 1.29 is 14.6 Å². The van der Waals surface area contributed by atoms with Gasteiger partial charge in [0.2, 0.25) is 5.88 Å². The van der Waals surface area contributed by atoms with E-state index in [0.29, 0.717) is 28.2 Å². The lowest BCUT2D eigenvalue weighted by molar-refractivity contribution is 0.161. The van der Waals surface area contributed by atoms with Crippen molar-refractivity contribution in [3.05, 3.63) is 17.6 Å². The van der Waals surface area contributed by atoms with Crippen molar-refractivity contribution in [1.82, 2.24) is 19.9 Å². The molecule has 162 valence electrons. The summed E-state index contributed by atoms with van der Waals surface area (Å²) in [4.78, 5) is 20.3. The second-order valence-corrected chi connectivity index (χ2v) is 8.51. The standard InChI is InChI=1S/C22H31N5O3/c1-14-6-5-7-22(14)8-10-27(11-9-22)19-17(13-28)25-18(15(2)24-19)16-12-23-21(30-4)26-20(16)29-3/h12,14,28H,5-11,13H2,1-4H3/t14-/m1/s1. The molecule has 0 radical (unpaired) electrons. The summed E-state index contributed by atoms with van der Waals surface area (Å²) in [5.74, 6) is 1.95. The Hall–Kier alpha value is -2.48. The van der Waals surface area contributed by atoms with Crippen LogP contribution >= 0.6 is 0 Å². The van der Waals surface area contributed by atoms with E-state index in [4.69, 9.17) is 19.4 Å². The van der Waals surface area contributed by atoms with Crippen molar-refractivity contribution in [3.63, 3.8) is 0 Å². The molecule has 8 nitrogen and oxygen atoms in total. The monoisotopic (exact) mass is 413 g/mol. The molecule has 1 saturated heterocycles. The van der Waals surface area contributed by atoms with Crippen LogP contribution in [-0.4, -0.2) is 52.4 Å². The van der Waals surface area contributed by atoms with E-state index in [1.165, 1.54) is 39.2 Å². The highest BCUT2D eigenvalue weighted by Crippen LogP contribution is 2.50. The molecule has 1 saturated carbocycles. The molecule has 0 amide bonds. The number of nitrogens with zero attached hydrogens (tertiary/aromatic N) is 5.